The number of hydrogen-bond acceptors (Lipinski definition) is 4. The van der Waals surface area contributed by atoms with Gasteiger partial charge >= 0.3 is 5.97 Å². The molecule has 0 aliphatic heterocycles. The molecule has 4 aliphatic carbocycles. The van der Waals surface area contributed by atoms with Crippen molar-refractivity contribution in [2.24, 2.45) is 17.3 Å². The van der Waals surface area contributed by atoms with Crippen LogP contribution in [-0.4, -0.2) is 30.6 Å². The third kappa shape index (κ3) is 3.40. The van der Waals surface area contributed by atoms with Gasteiger partial charge in [-0.05, 0) is 74.6 Å². The maximum absolute atomic E-state index is 12.8. The maximum atomic E-state index is 12.8. The molecule has 5 heteroatoms. The fourth-order valence-electron chi connectivity index (χ4n) is 5.51. The Morgan fingerprint density at radius 3 is 2.32 bits per heavy atom. The average molecular weight is 409 g/mol. The molecule has 1 aromatic rings. The molecule has 25 heavy (non-hydrogen) atoms. The Balaban J connectivity index is 1.29. The van der Waals surface area contributed by atoms with Crippen molar-refractivity contribution < 1.29 is 19.0 Å². The zero-order chi connectivity index (χ0) is 17.5. The van der Waals surface area contributed by atoms with Crippen LogP contribution >= 0.6 is 15.9 Å². The van der Waals surface area contributed by atoms with Crippen LogP contribution in [0.3, 0.4) is 0 Å². The highest BCUT2D eigenvalue weighted by Crippen LogP contribution is 2.64. The topological polar surface area (TPSA) is 44.8 Å². The molecule has 4 saturated carbocycles. The highest BCUT2D eigenvalue weighted by Gasteiger charge is 2.60. The normalized spacial score (nSPS) is 35.4. The standard InChI is InChI=1S/C20H25BrO4/c1-23-16-2-4-17(5-3-16)24-6-7-25-18(22)19-9-14-8-15(10-19)12-20(21,11-14)13-19/h2-5,14-15H,6-13H2,1H3. The molecule has 0 saturated heterocycles. The second-order valence-corrected chi connectivity index (χ2v) is 9.73. The molecule has 0 heterocycles. The Morgan fingerprint density at radius 1 is 1.08 bits per heavy atom. The van der Waals surface area contributed by atoms with Crippen LogP contribution in [0.15, 0.2) is 24.3 Å². The fraction of sp³-hybridized carbons (Fsp3) is 0.650. The smallest absolute Gasteiger partial charge is 0.312 e. The molecule has 136 valence electrons. The lowest BCUT2D eigenvalue weighted by atomic mass is 9.49. The van der Waals surface area contributed by atoms with Crippen molar-refractivity contribution in [1.29, 1.82) is 0 Å². The Hall–Kier alpha value is -1.23. The van der Waals surface area contributed by atoms with Crippen LogP contribution in [0, 0.1) is 17.3 Å². The predicted molar refractivity (Wildman–Crippen MR) is 98.2 cm³/mol. The van der Waals surface area contributed by atoms with Crippen molar-refractivity contribution in [2.45, 2.75) is 42.8 Å². The molecule has 2 unspecified atom stereocenters. The first-order chi connectivity index (χ1) is 12.0. The van der Waals surface area contributed by atoms with Crippen molar-refractivity contribution in [2.75, 3.05) is 20.3 Å². The van der Waals surface area contributed by atoms with Gasteiger partial charge in [-0.1, -0.05) is 15.9 Å². The molecule has 5 rings (SSSR count). The lowest BCUT2D eigenvalue weighted by Crippen LogP contribution is -2.56. The summed E-state index contributed by atoms with van der Waals surface area (Å²) in [5.74, 6) is 2.91. The van der Waals surface area contributed by atoms with Crippen molar-refractivity contribution in [3.63, 3.8) is 0 Å². The second kappa shape index (κ2) is 6.49. The molecule has 0 amide bonds. The van der Waals surface area contributed by atoms with Crippen molar-refractivity contribution in [3.8, 4) is 11.5 Å². The molecule has 0 radical (unpaired) electrons. The van der Waals surface area contributed by atoms with Gasteiger partial charge in [-0.2, -0.15) is 0 Å². The molecule has 4 fully saturated rings. The van der Waals surface area contributed by atoms with Gasteiger partial charge in [0.05, 0.1) is 12.5 Å². The van der Waals surface area contributed by atoms with E-state index in [9.17, 15) is 4.79 Å². The maximum Gasteiger partial charge on any atom is 0.312 e. The van der Waals surface area contributed by atoms with E-state index in [2.05, 4.69) is 15.9 Å². The predicted octanol–water partition coefficient (Wildman–Crippen LogP) is 4.35. The van der Waals surface area contributed by atoms with Gasteiger partial charge in [-0.25, -0.2) is 0 Å². The summed E-state index contributed by atoms with van der Waals surface area (Å²) in [5, 5.41) is 0. The highest BCUT2D eigenvalue weighted by atomic mass is 79.9. The van der Waals surface area contributed by atoms with Gasteiger partial charge in [0, 0.05) is 4.32 Å². The third-order valence-corrected chi connectivity index (χ3v) is 7.00. The summed E-state index contributed by atoms with van der Waals surface area (Å²) < 4.78 is 16.6. The van der Waals surface area contributed by atoms with E-state index in [1.807, 2.05) is 24.3 Å². The summed E-state index contributed by atoms with van der Waals surface area (Å²) in [6, 6.07) is 7.42. The van der Waals surface area contributed by atoms with Gasteiger partial charge in [0.2, 0.25) is 0 Å². The summed E-state index contributed by atoms with van der Waals surface area (Å²) in [5.41, 5.74) is -0.256. The largest absolute Gasteiger partial charge is 0.497 e. The first-order valence-electron chi connectivity index (χ1n) is 9.13. The minimum absolute atomic E-state index is 0.0104. The van der Waals surface area contributed by atoms with Crippen molar-refractivity contribution >= 4 is 21.9 Å². The van der Waals surface area contributed by atoms with Crippen LogP contribution in [0.2, 0.25) is 0 Å². The molecule has 4 nitrogen and oxygen atoms in total. The Bertz CT molecular complexity index is 628. The number of carbonyl (C=O) groups excluding carboxylic acids is 1. The quantitative estimate of drug-likeness (QED) is 0.398. The fourth-order valence-corrected chi connectivity index (χ4v) is 6.96. The SMILES string of the molecule is COc1ccc(OCCOC(=O)C23CC4CC(CC(Br)(C4)C2)C3)cc1. The summed E-state index contributed by atoms with van der Waals surface area (Å²) in [6.45, 7) is 0.678. The second-order valence-electron chi connectivity index (χ2n) is 8.05. The average Bonchev–Trinajstić information content (AvgIpc) is 2.57. The van der Waals surface area contributed by atoms with E-state index in [1.165, 1.54) is 19.3 Å². The Kier molecular flexibility index (Phi) is 4.47. The first-order valence-corrected chi connectivity index (χ1v) is 9.93. The molecular weight excluding hydrogens is 384 g/mol. The molecule has 1 aromatic carbocycles. The molecule has 0 spiro atoms. The Morgan fingerprint density at radius 2 is 1.72 bits per heavy atom. The first kappa shape index (κ1) is 17.2. The lowest BCUT2D eigenvalue weighted by Gasteiger charge is -2.58. The number of rotatable bonds is 6. The van der Waals surface area contributed by atoms with Crippen LogP contribution in [0.25, 0.3) is 0 Å². The molecule has 0 aromatic heterocycles. The van der Waals surface area contributed by atoms with E-state index in [-0.39, 0.29) is 15.7 Å². The summed E-state index contributed by atoms with van der Waals surface area (Å²) in [7, 11) is 1.64. The molecule has 4 aliphatic rings. The van der Waals surface area contributed by atoms with Gasteiger partial charge < -0.3 is 14.2 Å². The number of carbonyl (C=O) groups is 1. The number of alkyl halides is 1. The van der Waals surface area contributed by atoms with Crippen LogP contribution < -0.4 is 9.47 Å². The van der Waals surface area contributed by atoms with E-state index in [0.29, 0.717) is 25.0 Å². The van der Waals surface area contributed by atoms with E-state index in [4.69, 9.17) is 14.2 Å². The number of benzene rings is 1. The van der Waals surface area contributed by atoms with Crippen LogP contribution in [-0.2, 0) is 9.53 Å². The lowest BCUT2D eigenvalue weighted by molar-refractivity contribution is -0.170. The number of esters is 1. The van der Waals surface area contributed by atoms with E-state index < -0.39 is 0 Å². The van der Waals surface area contributed by atoms with E-state index in [1.54, 1.807) is 7.11 Å². The van der Waals surface area contributed by atoms with Crippen molar-refractivity contribution in [1.82, 2.24) is 0 Å². The number of hydrogen-bond donors (Lipinski definition) is 0. The van der Waals surface area contributed by atoms with Crippen LogP contribution in [0.4, 0.5) is 0 Å². The molecule has 0 N–H and O–H groups in total. The number of ether oxygens (including phenoxy) is 3. The monoisotopic (exact) mass is 408 g/mol. The summed E-state index contributed by atoms with van der Waals surface area (Å²) >= 11 is 3.94. The molecular formula is C20H25BrO4. The minimum Gasteiger partial charge on any atom is -0.497 e. The van der Waals surface area contributed by atoms with E-state index >= 15 is 0 Å². The molecule has 2 atom stereocenters. The number of halogens is 1. The zero-order valence-electron chi connectivity index (χ0n) is 14.6. The van der Waals surface area contributed by atoms with Gasteiger partial charge in [-0.15, -0.1) is 0 Å². The summed E-state index contributed by atoms with van der Waals surface area (Å²) in [4.78, 5) is 12.8. The zero-order valence-corrected chi connectivity index (χ0v) is 16.2. The highest BCUT2D eigenvalue weighted by molar-refractivity contribution is 9.10. The third-order valence-electron chi connectivity index (χ3n) is 6.07. The van der Waals surface area contributed by atoms with Gasteiger partial charge in [0.25, 0.3) is 0 Å². The van der Waals surface area contributed by atoms with Crippen LogP contribution in [0.1, 0.15) is 38.5 Å². The number of methoxy groups -OCH3 is 1. The van der Waals surface area contributed by atoms with Crippen LogP contribution in [0.5, 0.6) is 11.5 Å². The van der Waals surface area contributed by atoms with E-state index in [0.717, 1.165) is 30.8 Å². The van der Waals surface area contributed by atoms with Gasteiger partial charge in [0.1, 0.15) is 24.7 Å². The minimum atomic E-state index is -0.256. The van der Waals surface area contributed by atoms with Crippen molar-refractivity contribution in [3.05, 3.63) is 24.3 Å². The van der Waals surface area contributed by atoms with Gasteiger partial charge in [-0.3, -0.25) is 4.79 Å². The van der Waals surface area contributed by atoms with Gasteiger partial charge in [0.15, 0.2) is 0 Å². The Labute approximate surface area is 157 Å². The summed E-state index contributed by atoms with van der Waals surface area (Å²) in [6.07, 6.45) is 6.69. The molecule has 4 bridgehead atoms.